The molecule has 0 saturated carbocycles. The van der Waals surface area contributed by atoms with Gasteiger partial charge in [0.1, 0.15) is 0 Å². The van der Waals surface area contributed by atoms with Gasteiger partial charge in [0.25, 0.3) is 0 Å². The molecule has 0 amide bonds. The smallest absolute Gasteiger partial charge is 0.337 e. The normalized spacial score (nSPS) is 11.6. The fourth-order valence-electron chi connectivity index (χ4n) is 3.14. The number of carbonyl (C=O) groups excluding carboxylic acids is 1. The van der Waals surface area contributed by atoms with Crippen molar-refractivity contribution in [3.8, 4) is 11.3 Å². The van der Waals surface area contributed by atoms with Crippen LogP contribution in [0.5, 0.6) is 0 Å². The monoisotopic (exact) mass is 392 g/mol. The van der Waals surface area contributed by atoms with Crippen molar-refractivity contribution in [2.24, 2.45) is 0 Å². The predicted molar refractivity (Wildman–Crippen MR) is 107 cm³/mol. The molecule has 0 aliphatic heterocycles. The second-order valence-electron chi connectivity index (χ2n) is 6.39. The predicted octanol–water partition coefficient (Wildman–Crippen LogP) is 3.64. The van der Waals surface area contributed by atoms with Crippen molar-refractivity contribution in [3.63, 3.8) is 0 Å². The van der Waals surface area contributed by atoms with E-state index in [2.05, 4.69) is 4.98 Å². The molecular weight excluding hydrogens is 376 g/mol. The Kier molecular flexibility index (Phi) is 4.31. The minimum atomic E-state index is -3.47. The number of rotatable bonds is 3. The van der Waals surface area contributed by atoms with Crippen molar-refractivity contribution in [1.29, 1.82) is 0 Å². The Morgan fingerprint density at radius 1 is 0.964 bits per heavy atom. The Balaban J connectivity index is 2.12. The Labute approximate surface area is 161 Å². The molecule has 0 radical (unpaired) electrons. The molecule has 2 heterocycles. The quantitative estimate of drug-likeness (QED) is 0.391. The van der Waals surface area contributed by atoms with E-state index in [1.165, 1.54) is 7.11 Å². The summed E-state index contributed by atoms with van der Waals surface area (Å²) in [4.78, 5) is 20.8. The molecule has 0 atom stereocenters. The van der Waals surface area contributed by atoms with Gasteiger partial charge in [0.05, 0.1) is 23.9 Å². The van der Waals surface area contributed by atoms with Crippen LogP contribution in [0.15, 0.2) is 65.8 Å². The fraction of sp³-hybridized carbons (Fsp3) is 0.0952. The van der Waals surface area contributed by atoms with E-state index in [-0.39, 0.29) is 5.03 Å². The number of pyridine rings is 2. The molecule has 0 N–H and O–H groups in total. The maximum atomic E-state index is 12.0. The summed E-state index contributed by atoms with van der Waals surface area (Å²) in [7, 11) is -2.14. The summed E-state index contributed by atoms with van der Waals surface area (Å²) in [6.45, 7) is 0. The fourth-order valence-corrected chi connectivity index (χ4v) is 3.72. The van der Waals surface area contributed by atoms with Crippen LogP contribution in [0.4, 0.5) is 0 Å². The summed E-state index contributed by atoms with van der Waals surface area (Å²) in [5, 5.41) is 2.20. The average Bonchev–Trinajstić information content (AvgIpc) is 2.71. The standard InChI is InChI=1S/C21H16N2O4S/c1-27-21(24)14-8-9-15-17-12-22-19(28(2,25)26)11-16(17)20(23-18(15)10-14)13-6-4-3-5-7-13/h3-12H,1-2H3. The van der Waals surface area contributed by atoms with Crippen molar-refractivity contribution in [1.82, 2.24) is 9.97 Å². The van der Waals surface area contributed by atoms with Crippen LogP contribution >= 0.6 is 0 Å². The highest BCUT2D eigenvalue weighted by atomic mass is 32.2. The number of methoxy groups -OCH3 is 1. The summed E-state index contributed by atoms with van der Waals surface area (Å²) in [6, 6.07) is 16.1. The number of esters is 1. The first kappa shape index (κ1) is 18.1. The lowest BCUT2D eigenvalue weighted by Gasteiger charge is -2.11. The third kappa shape index (κ3) is 3.10. The molecule has 0 saturated heterocycles. The lowest BCUT2D eigenvalue weighted by atomic mass is 10.0. The van der Waals surface area contributed by atoms with Crippen LogP contribution in [-0.2, 0) is 14.6 Å². The first-order valence-electron chi connectivity index (χ1n) is 8.46. The van der Waals surface area contributed by atoms with Gasteiger partial charge in [-0.1, -0.05) is 36.4 Å². The van der Waals surface area contributed by atoms with Crippen molar-refractivity contribution in [3.05, 3.63) is 66.4 Å². The summed E-state index contributed by atoms with van der Waals surface area (Å²) in [6.07, 6.45) is 2.67. The summed E-state index contributed by atoms with van der Waals surface area (Å²) in [5.74, 6) is -0.449. The number of fused-ring (bicyclic) bond motifs is 3. The topological polar surface area (TPSA) is 86.2 Å². The number of nitrogens with zero attached hydrogens (tertiary/aromatic N) is 2. The molecule has 4 rings (SSSR count). The lowest BCUT2D eigenvalue weighted by Crippen LogP contribution is -2.03. The highest BCUT2D eigenvalue weighted by Gasteiger charge is 2.16. The van der Waals surface area contributed by atoms with Gasteiger partial charge in [-0.25, -0.2) is 23.2 Å². The minimum Gasteiger partial charge on any atom is -0.465 e. The van der Waals surface area contributed by atoms with E-state index in [4.69, 9.17) is 9.72 Å². The number of sulfone groups is 1. The maximum Gasteiger partial charge on any atom is 0.337 e. The van der Waals surface area contributed by atoms with Crippen LogP contribution < -0.4 is 0 Å². The van der Waals surface area contributed by atoms with Gasteiger partial charge in [-0.15, -0.1) is 0 Å². The van der Waals surface area contributed by atoms with E-state index in [1.807, 2.05) is 30.3 Å². The molecule has 6 nitrogen and oxygen atoms in total. The summed E-state index contributed by atoms with van der Waals surface area (Å²) in [5.41, 5.74) is 2.45. The Bertz CT molecular complexity index is 1330. The SMILES string of the molecule is COC(=O)c1ccc2c(c1)nc(-c1ccccc1)c1cc(S(C)(=O)=O)ncc12. The van der Waals surface area contributed by atoms with Crippen molar-refractivity contribution in [2.45, 2.75) is 5.03 Å². The summed E-state index contributed by atoms with van der Waals surface area (Å²) >= 11 is 0. The van der Waals surface area contributed by atoms with E-state index >= 15 is 0 Å². The Morgan fingerprint density at radius 2 is 1.71 bits per heavy atom. The third-order valence-electron chi connectivity index (χ3n) is 4.50. The Hall–Kier alpha value is -3.32. The molecule has 7 heteroatoms. The van der Waals surface area contributed by atoms with Crippen LogP contribution in [0.3, 0.4) is 0 Å². The zero-order valence-corrected chi connectivity index (χ0v) is 16.0. The highest BCUT2D eigenvalue weighted by Crippen LogP contribution is 2.33. The van der Waals surface area contributed by atoms with Crippen LogP contribution in [0.1, 0.15) is 10.4 Å². The molecule has 0 aliphatic carbocycles. The number of benzene rings is 2. The van der Waals surface area contributed by atoms with Gasteiger partial charge in [-0.2, -0.15) is 0 Å². The molecule has 0 aliphatic rings. The molecule has 28 heavy (non-hydrogen) atoms. The van der Waals surface area contributed by atoms with Gasteiger partial charge in [-0.05, 0) is 18.2 Å². The number of hydrogen-bond donors (Lipinski definition) is 0. The number of carbonyl (C=O) groups is 1. The number of aromatic nitrogens is 2. The van der Waals surface area contributed by atoms with Gasteiger partial charge in [0.2, 0.25) is 0 Å². The van der Waals surface area contributed by atoms with Gasteiger partial charge in [0, 0.05) is 34.2 Å². The largest absolute Gasteiger partial charge is 0.465 e. The van der Waals surface area contributed by atoms with E-state index in [0.29, 0.717) is 22.2 Å². The molecule has 0 unspecified atom stereocenters. The van der Waals surface area contributed by atoms with Crippen LogP contribution in [0.2, 0.25) is 0 Å². The maximum absolute atomic E-state index is 12.0. The molecule has 2 aromatic carbocycles. The average molecular weight is 392 g/mol. The second kappa shape index (κ2) is 6.69. The summed E-state index contributed by atoms with van der Waals surface area (Å²) < 4.78 is 28.8. The van der Waals surface area contributed by atoms with Crippen molar-refractivity contribution < 1.29 is 17.9 Å². The van der Waals surface area contributed by atoms with E-state index in [1.54, 1.807) is 30.5 Å². The second-order valence-corrected chi connectivity index (χ2v) is 8.35. The lowest BCUT2D eigenvalue weighted by molar-refractivity contribution is 0.0601. The van der Waals surface area contributed by atoms with E-state index < -0.39 is 15.8 Å². The first-order valence-corrected chi connectivity index (χ1v) is 10.3. The molecule has 0 spiro atoms. The van der Waals surface area contributed by atoms with Gasteiger partial charge in [-0.3, -0.25) is 0 Å². The molecule has 0 bridgehead atoms. The molecule has 0 fully saturated rings. The van der Waals surface area contributed by atoms with Crippen molar-refractivity contribution in [2.75, 3.05) is 13.4 Å². The van der Waals surface area contributed by atoms with Gasteiger partial charge < -0.3 is 4.74 Å². The van der Waals surface area contributed by atoms with Crippen LogP contribution in [-0.4, -0.2) is 37.7 Å². The zero-order valence-electron chi connectivity index (χ0n) is 15.2. The first-order chi connectivity index (χ1) is 13.4. The van der Waals surface area contributed by atoms with E-state index in [9.17, 15) is 13.2 Å². The molecule has 4 aromatic rings. The van der Waals surface area contributed by atoms with Crippen LogP contribution in [0.25, 0.3) is 32.9 Å². The third-order valence-corrected chi connectivity index (χ3v) is 5.49. The highest BCUT2D eigenvalue weighted by molar-refractivity contribution is 7.90. The number of hydrogen-bond acceptors (Lipinski definition) is 6. The molecular formula is C21H16N2O4S. The molecule has 2 aromatic heterocycles. The van der Waals surface area contributed by atoms with Crippen molar-refractivity contribution >= 4 is 37.5 Å². The zero-order chi connectivity index (χ0) is 19.9. The van der Waals surface area contributed by atoms with Gasteiger partial charge in [0.15, 0.2) is 14.9 Å². The number of ether oxygens (including phenoxy) is 1. The minimum absolute atomic E-state index is 0.00971. The molecule has 140 valence electrons. The Morgan fingerprint density at radius 3 is 2.39 bits per heavy atom. The van der Waals surface area contributed by atoms with Crippen LogP contribution in [0, 0.1) is 0 Å². The van der Waals surface area contributed by atoms with E-state index in [0.717, 1.165) is 22.6 Å². The van der Waals surface area contributed by atoms with Gasteiger partial charge >= 0.3 is 5.97 Å².